The van der Waals surface area contributed by atoms with E-state index in [0.29, 0.717) is 22.4 Å². The molecule has 3 rings (SSSR count). The molecule has 0 unspecified atom stereocenters. The largest absolute Gasteiger partial charge is 0.446 e. The molecule has 2 aromatic carbocycles. The number of anilines is 1. The van der Waals surface area contributed by atoms with Crippen LogP contribution in [0.25, 0.3) is 6.08 Å². The second kappa shape index (κ2) is 9.38. The highest BCUT2D eigenvalue weighted by Crippen LogP contribution is 2.36. The highest BCUT2D eigenvalue weighted by molar-refractivity contribution is 8.00. The molecule has 1 N–H and O–H groups in total. The first-order valence-electron chi connectivity index (χ1n) is 9.47. The lowest BCUT2D eigenvalue weighted by atomic mass is 10.1. The van der Waals surface area contributed by atoms with Gasteiger partial charge in [-0.15, -0.1) is 0 Å². The van der Waals surface area contributed by atoms with Crippen molar-refractivity contribution >= 4 is 35.3 Å². The smallest absolute Gasteiger partial charge is 0.339 e. The number of carbonyl (C=O) groups excluding carboxylic acids is 2. The van der Waals surface area contributed by atoms with Gasteiger partial charge in [0.2, 0.25) is 5.91 Å². The van der Waals surface area contributed by atoms with Gasteiger partial charge >= 0.3 is 5.51 Å². The molecule has 0 bridgehead atoms. The van der Waals surface area contributed by atoms with Gasteiger partial charge in [0, 0.05) is 35.3 Å². The average Bonchev–Trinajstić information content (AvgIpc) is 3.22. The van der Waals surface area contributed by atoms with Gasteiger partial charge in [-0.2, -0.15) is 13.2 Å². The van der Waals surface area contributed by atoms with Crippen molar-refractivity contribution in [3.05, 3.63) is 65.2 Å². The molecule has 1 heterocycles. The molecule has 30 heavy (non-hydrogen) atoms. The SMILES string of the molecule is Cc1c(NC(=O)/C=C/c2ccc(SC(F)(F)F)cc2)cccc1C(=O)N1CCCC1. The van der Waals surface area contributed by atoms with Crippen molar-refractivity contribution < 1.29 is 22.8 Å². The summed E-state index contributed by atoms with van der Waals surface area (Å²) in [6, 6.07) is 10.9. The van der Waals surface area contributed by atoms with E-state index < -0.39 is 11.4 Å². The topological polar surface area (TPSA) is 49.4 Å². The highest BCUT2D eigenvalue weighted by Gasteiger charge is 2.29. The van der Waals surface area contributed by atoms with Gasteiger partial charge in [0.15, 0.2) is 0 Å². The molecule has 0 radical (unpaired) electrons. The number of amides is 2. The summed E-state index contributed by atoms with van der Waals surface area (Å²) in [5.41, 5.74) is -1.92. The summed E-state index contributed by atoms with van der Waals surface area (Å²) >= 11 is -0.185. The molecule has 158 valence electrons. The maximum absolute atomic E-state index is 12.7. The van der Waals surface area contributed by atoms with Crippen molar-refractivity contribution in [2.75, 3.05) is 18.4 Å². The number of alkyl halides is 3. The van der Waals surface area contributed by atoms with Crippen LogP contribution in [0.1, 0.15) is 34.3 Å². The maximum atomic E-state index is 12.7. The van der Waals surface area contributed by atoms with E-state index in [1.165, 1.54) is 36.4 Å². The molecule has 2 aromatic rings. The number of halogens is 3. The standard InChI is InChI=1S/C22H21F3N2O2S/c1-15-18(21(29)27-13-2-3-14-27)5-4-6-19(15)26-20(28)12-9-16-7-10-17(11-8-16)30-22(23,24)25/h4-12H,2-3,13-14H2,1H3,(H,26,28)/b12-9+. The molecule has 1 saturated heterocycles. The molecule has 1 aliphatic heterocycles. The summed E-state index contributed by atoms with van der Waals surface area (Å²) < 4.78 is 37.1. The van der Waals surface area contributed by atoms with E-state index in [-0.39, 0.29) is 22.6 Å². The van der Waals surface area contributed by atoms with Crippen LogP contribution in [-0.4, -0.2) is 35.3 Å². The summed E-state index contributed by atoms with van der Waals surface area (Å²) in [7, 11) is 0. The number of benzene rings is 2. The van der Waals surface area contributed by atoms with E-state index in [0.717, 1.165) is 25.9 Å². The Kier molecular flexibility index (Phi) is 6.87. The first-order chi connectivity index (χ1) is 14.2. The maximum Gasteiger partial charge on any atom is 0.446 e. The van der Waals surface area contributed by atoms with E-state index in [9.17, 15) is 22.8 Å². The molecule has 2 amide bonds. The monoisotopic (exact) mass is 434 g/mol. The zero-order valence-electron chi connectivity index (χ0n) is 16.3. The van der Waals surface area contributed by atoms with Gasteiger partial charge in [-0.1, -0.05) is 18.2 Å². The third kappa shape index (κ3) is 5.89. The minimum Gasteiger partial charge on any atom is -0.339 e. The molecule has 0 spiro atoms. The summed E-state index contributed by atoms with van der Waals surface area (Å²) in [5, 5.41) is 2.76. The van der Waals surface area contributed by atoms with Gasteiger partial charge in [-0.05, 0) is 73.0 Å². The third-order valence-electron chi connectivity index (χ3n) is 4.76. The van der Waals surface area contributed by atoms with Crippen LogP contribution < -0.4 is 5.32 Å². The van der Waals surface area contributed by atoms with Crippen LogP contribution in [0.2, 0.25) is 0 Å². The van der Waals surface area contributed by atoms with E-state index >= 15 is 0 Å². The van der Waals surface area contributed by atoms with E-state index in [4.69, 9.17) is 0 Å². The summed E-state index contributed by atoms with van der Waals surface area (Å²) in [6.07, 6.45) is 4.83. The minimum atomic E-state index is -4.33. The highest BCUT2D eigenvalue weighted by atomic mass is 32.2. The van der Waals surface area contributed by atoms with Crippen LogP contribution in [0.5, 0.6) is 0 Å². The lowest BCUT2D eigenvalue weighted by molar-refractivity contribution is -0.111. The number of thioether (sulfide) groups is 1. The van der Waals surface area contributed by atoms with Crippen LogP contribution in [0.4, 0.5) is 18.9 Å². The number of likely N-dealkylation sites (tertiary alicyclic amines) is 1. The Balaban J connectivity index is 1.64. The molecular formula is C22H21F3N2O2S. The van der Waals surface area contributed by atoms with Crippen molar-refractivity contribution in [3.8, 4) is 0 Å². The van der Waals surface area contributed by atoms with E-state index in [2.05, 4.69) is 5.32 Å². The minimum absolute atomic E-state index is 0.0338. The van der Waals surface area contributed by atoms with E-state index in [1.54, 1.807) is 25.1 Å². The average molecular weight is 434 g/mol. The number of rotatable bonds is 5. The molecule has 4 nitrogen and oxygen atoms in total. The lowest BCUT2D eigenvalue weighted by Crippen LogP contribution is -2.28. The first-order valence-corrected chi connectivity index (χ1v) is 10.3. The molecule has 0 aromatic heterocycles. The molecular weight excluding hydrogens is 413 g/mol. The van der Waals surface area contributed by atoms with Crippen molar-refractivity contribution in [2.45, 2.75) is 30.2 Å². The fraction of sp³-hybridized carbons (Fsp3) is 0.273. The molecule has 0 atom stereocenters. The van der Waals surface area contributed by atoms with Crippen LogP contribution in [0.15, 0.2) is 53.4 Å². The Labute approximate surface area is 177 Å². The van der Waals surface area contributed by atoms with Gasteiger partial charge in [0.05, 0.1) is 0 Å². The summed E-state index contributed by atoms with van der Waals surface area (Å²) in [5.74, 6) is -0.425. The predicted octanol–water partition coefficient (Wildman–Crippen LogP) is 5.49. The number of hydrogen-bond donors (Lipinski definition) is 1. The summed E-state index contributed by atoms with van der Waals surface area (Å²) in [4.78, 5) is 26.8. The van der Waals surface area contributed by atoms with Crippen molar-refractivity contribution in [2.24, 2.45) is 0 Å². The van der Waals surface area contributed by atoms with Gasteiger partial charge in [0.25, 0.3) is 5.91 Å². The molecule has 8 heteroatoms. The molecule has 0 saturated carbocycles. The van der Waals surface area contributed by atoms with Gasteiger partial charge in [-0.25, -0.2) is 0 Å². The van der Waals surface area contributed by atoms with Crippen molar-refractivity contribution in [3.63, 3.8) is 0 Å². The third-order valence-corrected chi connectivity index (χ3v) is 5.50. The Bertz CT molecular complexity index is 950. The number of nitrogens with zero attached hydrogens (tertiary/aromatic N) is 1. The number of hydrogen-bond acceptors (Lipinski definition) is 3. The Hall–Kier alpha value is -2.74. The van der Waals surface area contributed by atoms with Crippen molar-refractivity contribution in [1.29, 1.82) is 0 Å². The van der Waals surface area contributed by atoms with E-state index in [1.807, 2.05) is 4.90 Å². The molecule has 1 aliphatic rings. The lowest BCUT2D eigenvalue weighted by Gasteiger charge is -2.18. The van der Waals surface area contributed by atoms with Gasteiger partial charge in [0.1, 0.15) is 0 Å². The Morgan fingerprint density at radius 2 is 1.73 bits per heavy atom. The molecule has 0 aliphatic carbocycles. The van der Waals surface area contributed by atoms with Gasteiger partial charge < -0.3 is 10.2 Å². The Morgan fingerprint density at radius 3 is 2.37 bits per heavy atom. The summed E-state index contributed by atoms with van der Waals surface area (Å²) in [6.45, 7) is 3.29. The van der Waals surface area contributed by atoms with Crippen LogP contribution in [0, 0.1) is 6.92 Å². The Morgan fingerprint density at radius 1 is 1.07 bits per heavy atom. The number of nitrogens with one attached hydrogen (secondary N) is 1. The fourth-order valence-electron chi connectivity index (χ4n) is 3.22. The zero-order chi connectivity index (χ0) is 21.7. The van der Waals surface area contributed by atoms with Crippen LogP contribution in [-0.2, 0) is 4.79 Å². The quantitative estimate of drug-likeness (QED) is 0.500. The second-order valence-corrected chi connectivity index (χ2v) is 8.06. The number of carbonyl (C=O) groups is 2. The van der Waals surface area contributed by atoms with Crippen LogP contribution >= 0.6 is 11.8 Å². The molecule has 1 fully saturated rings. The van der Waals surface area contributed by atoms with Crippen LogP contribution in [0.3, 0.4) is 0 Å². The van der Waals surface area contributed by atoms with Crippen molar-refractivity contribution in [1.82, 2.24) is 4.90 Å². The predicted molar refractivity (Wildman–Crippen MR) is 112 cm³/mol. The first kappa shape index (κ1) is 22.0. The second-order valence-electron chi connectivity index (χ2n) is 6.92. The van der Waals surface area contributed by atoms with Gasteiger partial charge in [-0.3, -0.25) is 9.59 Å². The zero-order valence-corrected chi connectivity index (χ0v) is 17.1. The normalized spacial score (nSPS) is 14.3. The fourth-order valence-corrected chi connectivity index (χ4v) is 3.76.